The Morgan fingerprint density at radius 1 is 1.22 bits per heavy atom. The van der Waals surface area contributed by atoms with Crippen LogP contribution in [-0.2, 0) is 9.59 Å². The molecule has 2 aliphatic rings. The first-order chi connectivity index (χ1) is 13.0. The molecule has 2 aromatic rings. The van der Waals surface area contributed by atoms with Crippen molar-refractivity contribution in [2.24, 2.45) is 0 Å². The van der Waals surface area contributed by atoms with Crippen LogP contribution in [-0.4, -0.2) is 29.7 Å². The molecule has 27 heavy (non-hydrogen) atoms. The minimum atomic E-state index is -0.603. The third-order valence-electron chi connectivity index (χ3n) is 4.33. The summed E-state index contributed by atoms with van der Waals surface area (Å²) in [6.07, 6.45) is 0. The zero-order valence-electron chi connectivity index (χ0n) is 14.5. The summed E-state index contributed by atoms with van der Waals surface area (Å²) in [5.74, 6) is 1.52. The number of carbonyl (C=O) groups excluding carboxylic acids is 2. The molecule has 8 heteroatoms. The second-order valence-electron chi connectivity index (χ2n) is 6.19. The van der Waals surface area contributed by atoms with Gasteiger partial charge in [-0.15, -0.1) is 23.4 Å². The van der Waals surface area contributed by atoms with Crippen LogP contribution in [0.15, 0.2) is 42.5 Å². The Bertz CT molecular complexity index is 888. The molecule has 2 aliphatic heterocycles. The van der Waals surface area contributed by atoms with E-state index in [-0.39, 0.29) is 24.0 Å². The highest BCUT2D eigenvalue weighted by molar-refractivity contribution is 8.00. The molecule has 0 aromatic heterocycles. The Morgan fingerprint density at radius 3 is 2.70 bits per heavy atom. The predicted molar refractivity (Wildman–Crippen MR) is 106 cm³/mol. The van der Waals surface area contributed by atoms with E-state index in [2.05, 4.69) is 5.32 Å². The first kappa shape index (κ1) is 18.0. The standard InChI is InChI=1S/C19H17ClN2O4S/c1-11(20)18(24)21-13-4-2-12(3-5-13)19-22(17(23)9-27-19)14-6-7-15-16(8-14)26-10-25-15/h2-8,11,19H,9-10H2,1H3,(H,21,24)/t11-,19-/m1/s1. The van der Waals surface area contributed by atoms with Crippen LogP contribution in [0.2, 0.25) is 0 Å². The van der Waals surface area contributed by atoms with Gasteiger partial charge in [-0.3, -0.25) is 14.5 Å². The molecule has 0 radical (unpaired) electrons. The Kier molecular flexibility index (Phi) is 4.88. The van der Waals surface area contributed by atoms with Crippen molar-refractivity contribution in [3.8, 4) is 11.5 Å². The fourth-order valence-electron chi connectivity index (χ4n) is 2.96. The largest absolute Gasteiger partial charge is 0.454 e. The number of hydrogen-bond donors (Lipinski definition) is 1. The Morgan fingerprint density at radius 2 is 1.96 bits per heavy atom. The Hall–Kier alpha value is -2.38. The summed E-state index contributed by atoms with van der Waals surface area (Å²) in [6.45, 7) is 1.81. The molecule has 0 bridgehead atoms. The lowest BCUT2D eigenvalue weighted by Crippen LogP contribution is -2.27. The number of rotatable bonds is 4. The summed E-state index contributed by atoms with van der Waals surface area (Å²) in [5, 5.41) is 2.00. The van der Waals surface area contributed by atoms with Crippen LogP contribution in [0.5, 0.6) is 11.5 Å². The van der Waals surface area contributed by atoms with Crippen molar-refractivity contribution in [2.75, 3.05) is 22.8 Å². The van der Waals surface area contributed by atoms with Crippen molar-refractivity contribution >= 4 is 46.6 Å². The van der Waals surface area contributed by atoms with Gasteiger partial charge in [-0.2, -0.15) is 0 Å². The number of halogens is 1. The van der Waals surface area contributed by atoms with E-state index in [1.165, 1.54) is 0 Å². The van der Waals surface area contributed by atoms with Gasteiger partial charge in [0.1, 0.15) is 10.8 Å². The van der Waals surface area contributed by atoms with Gasteiger partial charge in [0.25, 0.3) is 0 Å². The molecule has 6 nitrogen and oxygen atoms in total. The number of nitrogens with one attached hydrogen (secondary N) is 1. The van der Waals surface area contributed by atoms with Crippen LogP contribution in [0, 0.1) is 0 Å². The summed E-state index contributed by atoms with van der Waals surface area (Å²) < 4.78 is 10.8. The molecule has 0 spiro atoms. The molecule has 140 valence electrons. The Labute approximate surface area is 165 Å². The lowest BCUT2D eigenvalue weighted by atomic mass is 10.1. The highest BCUT2D eigenvalue weighted by atomic mass is 35.5. The number of ether oxygens (including phenoxy) is 2. The molecule has 2 heterocycles. The number of thioether (sulfide) groups is 1. The van der Waals surface area contributed by atoms with E-state index in [0.29, 0.717) is 22.9 Å². The van der Waals surface area contributed by atoms with Gasteiger partial charge in [0.05, 0.1) is 5.75 Å². The minimum Gasteiger partial charge on any atom is -0.454 e. The zero-order valence-corrected chi connectivity index (χ0v) is 16.0. The van der Waals surface area contributed by atoms with E-state index < -0.39 is 5.38 Å². The molecule has 2 atom stereocenters. The van der Waals surface area contributed by atoms with E-state index in [1.807, 2.05) is 42.5 Å². The van der Waals surface area contributed by atoms with Crippen molar-refractivity contribution in [3.05, 3.63) is 48.0 Å². The van der Waals surface area contributed by atoms with Crippen LogP contribution in [0.1, 0.15) is 17.9 Å². The van der Waals surface area contributed by atoms with E-state index in [4.69, 9.17) is 21.1 Å². The second-order valence-corrected chi connectivity index (χ2v) is 7.92. The molecule has 0 unspecified atom stereocenters. The topological polar surface area (TPSA) is 67.9 Å². The van der Waals surface area contributed by atoms with E-state index in [0.717, 1.165) is 11.3 Å². The number of amides is 2. The maximum atomic E-state index is 12.5. The highest BCUT2D eigenvalue weighted by Crippen LogP contribution is 2.44. The summed E-state index contributed by atoms with van der Waals surface area (Å²) in [6, 6.07) is 12.9. The molecule has 4 rings (SSSR count). The first-order valence-electron chi connectivity index (χ1n) is 8.41. The zero-order chi connectivity index (χ0) is 19.0. The van der Waals surface area contributed by atoms with Gasteiger partial charge in [-0.1, -0.05) is 12.1 Å². The third kappa shape index (κ3) is 3.57. The number of fused-ring (bicyclic) bond motifs is 1. The fourth-order valence-corrected chi connectivity index (χ4v) is 4.19. The molecule has 0 aliphatic carbocycles. The number of anilines is 2. The van der Waals surface area contributed by atoms with Crippen molar-refractivity contribution < 1.29 is 19.1 Å². The predicted octanol–water partition coefficient (Wildman–Crippen LogP) is 3.76. The monoisotopic (exact) mass is 404 g/mol. The number of carbonyl (C=O) groups is 2. The number of nitrogens with zero attached hydrogens (tertiary/aromatic N) is 1. The van der Waals surface area contributed by atoms with E-state index in [9.17, 15) is 9.59 Å². The molecular weight excluding hydrogens is 388 g/mol. The molecule has 2 amide bonds. The normalized spacial score (nSPS) is 19.3. The summed E-state index contributed by atoms with van der Waals surface area (Å²) in [4.78, 5) is 26.0. The number of alkyl halides is 1. The minimum absolute atomic E-state index is 0.0391. The van der Waals surface area contributed by atoms with Crippen LogP contribution in [0.25, 0.3) is 0 Å². The molecule has 1 saturated heterocycles. The quantitative estimate of drug-likeness (QED) is 0.786. The highest BCUT2D eigenvalue weighted by Gasteiger charge is 2.34. The maximum absolute atomic E-state index is 12.5. The van der Waals surface area contributed by atoms with Crippen LogP contribution in [0.3, 0.4) is 0 Å². The van der Waals surface area contributed by atoms with Gasteiger partial charge < -0.3 is 14.8 Å². The third-order valence-corrected chi connectivity index (χ3v) is 5.74. The van der Waals surface area contributed by atoms with Gasteiger partial charge in [-0.05, 0) is 36.8 Å². The average Bonchev–Trinajstić information content (AvgIpc) is 3.28. The lowest BCUT2D eigenvalue weighted by Gasteiger charge is -2.24. The summed E-state index contributed by atoms with van der Waals surface area (Å²) >= 11 is 7.34. The molecule has 2 aromatic carbocycles. The van der Waals surface area contributed by atoms with Gasteiger partial charge in [-0.25, -0.2) is 0 Å². The average molecular weight is 405 g/mol. The van der Waals surface area contributed by atoms with Crippen molar-refractivity contribution in [3.63, 3.8) is 0 Å². The molecule has 1 fully saturated rings. The lowest BCUT2D eigenvalue weighted by molar-refractivity contribution is -0.116. The Balaban J connectivity index is 1.57. The molecule has 1 N–H and O–H groups in total. The molecular formula is C19H17ClN2O4S. The maximum Gasteiger partial charge on any atom is 0.242 e. The SMILES string of the molecule is C[C@@H](Cl)C(=O)Nc1ccc([C@H]2SCC(=O)N2c2ccc3c(c2)OCO3)cc1. The fraction of sp³-hybridized carbons (Fsp3) is 0.263. The summed E-state index contributed by atoms with van der Waals surface area (Å²) in [5.41, 5.74) is 2.41. The molecule has 0 saturated carbocycles. The van der Waals surface area contributed by atoms with Crippen molar-refractivity contribution in [2.45, 2.75) is 17.7 Å². The van der Waals surface area contributed by atoms with Crippen molar-refractivity contribution in [1.29, 1.82) is 0 Å². The first-order valence-corrected chi connectivity index (χ1v) is 9.89. The van der Waals surface area contributed by atoms with Crippen molar-refractivity contribution in [1.82, 2.24) is 0 Å². The van der Waals surface area contributed by atoms with Crippen LogP contribution < -0.4 is 19.7 Å². The number of benzene rings is 2. The smallest absolute Gasteiger partial charge is 0.242 e. The number of hydrogen-bond acceptors (Lipinski definition) is 5. The van der Waals surface area contributed by atoms with Gasteiger partial charge in [0.15, 0.2) is 11.5 Å². The van der Waals surface area contributed by atoms with E-state index in [1.54, 1.807) is 23.6 Å². The van der Waals surface area contributed by atoms with Gasteiger partial charge >= 0.3 is 0 Å². The van der Waals surface area contributed by atoms with Crippen LogP contribution in [0.4, 0.5) is 11.4 Å². The summed E-state index contributed by atoms with van der Waals surface area (Å²) in [7, 11) is 0. The van der Waals surface area contributed by atoms with E-state index >= 15 is 0 Å². The van der Waals surface area contributed by atoms with Gasteiger partial charge in [0, 0.05) is 17.4 Å². The van der Waals surface area contributed by atoms with Gasteiger partial charge in [0.2, 0.25) is 18.6 Å². The second kappa shape index (κ2) is 7.32. The van der Waals surface area contributed by atoms with Crippen LogP contribution >= 0.6 is 23.4 Å².